The number of rotatable bonds is 8. The summed E-state index contributed by atoms with van der Waals surface area (Å²) in [5, 5.41) is 0. The van der Waals surface area contributed by atoms with E-state index >= 15 is 0 Å². The van der Waals surface area contributed by atoms with Gasteiger partial charge in [-0.25, -0.2) is 0 Å². The van der Waals surface area contributed by atoms with Gasteiger partial charge in [0.15, 0.2) is 0 Å². The van der Waals surface area contributed by atoms with Gasteiger partial charge in [0.2, 0.25) is 0 Å². The largest absolute Gasteiger partial charge is 0.330 e. The topological polar surface area (TPSA) is 6.48 Å². The number of para-hydroxylation sites is 2. The zero-order valence-electron chi connectivity index (χ0n) is 31.2. The van der Waals surface area contributed by atoms with Crippen molar-refractivity contribution in [2.75, 3.05) is 9.80 Å². The van der Waals surface area contributed by atoms with Crippen LogP contribution in [0.2, 0.25) is 0 Å². The quantitative estimate of drug-likeness (QED) is 0.145. The van der Waals surface area contributed by atoms with Crippen molar-refractivity contribution < 1.29 is 0 Å². The van der Waals surface area contributed by atoms with Gasteiger partial charge in [0, 0.05) is 28.7 Å². The molecular weight excluding hydrogens is 677 g/mol. The highest BCUT2D eigenvalue weighted by Gasteiger charge is 2.32. The first-order chi connectivity index (χ1) is 27.8. The van der Waals surface area contributed by atoms with Crippen LogP contribution in [0.15, 0.2) is 224 Å². The molecule has 0 amide bonds. The molecule has 56 heavy (non-hydrogen) atoms. The summed E-state index contributed by atoms with van der Waals surface area (Å²) in [6.45, 7) is 0. The van der Waals surface area contributed by atoms with Crippen molar-refractivity contribution in [2.24, 2.45) is 0 Å². The maximum atomic E-state index is 2.48. The molecule has 0 fully saturated rings. The van der Waals surface area contributed by atoms with Crippen LogP contribution in [0.5, 0.6) is 0 Å². The number of benzene rings is 6. The molecule has 2 nitrogen and oxygen atoms in total. The van der Waals surface area contributed by atoms with E-state index in [1.165, 1.54) is 56.0 Å². The second kappa shape index (κ2) is 14.7. The predicted octanol–water partition coefficient (Wildman–Crippen LogP) is 14.0. The van der Waals surface area contributed by atoms with E-state index in [1.54, 1.807) is 0 Å². The molecular formula is C54H42N2. The highest BCUT2D eigenvalue weighted by Crippen LogP contribution is 2.47. The monoisotopic (exact) mass is 718 g/mol. The zero-order chi connectivity index (χ0) is 37.3. The minimum Gasteiger partial charge on any atom is -0.330 e. The van der Waals surface area contributed by atoms with Crippen LogP contribution in [0.25, 0.3) is 17.7 Å². The fourth-order valence-corrected chi connectivity index (χ4v) is 8.84. The molecule has 6 aromatic carbocycles. The molecule has 0 bridgehead atoms. The van der Waals surface area contributed by atoms with Gasteiger partial charge in [-0.2, -0.15) is 0 Å². The minimum atomic E-state index is 0.0719. The molecule has 0 aliphatic heterocycles. The molecule has 268 valence electrons. The molecule has 0 spiro atoms. The third-order valence-corrected chi connectivity index (χ3v) is 11.5. The maximum absolute atomic E-state index is 2.48. The average molecular weight is 719 g/mol. The lowest BCUT2D eigenvalue weighted by molar-refractivity contribution is 0.782. The van der Waals surface area contributed by atoms with Crippen LogP contribution in [-0.4, -0.2) is 0 Å². The van der Waals surface area contributed by atoms with E-state index in [1.807, 2.05) is 0 Å². The van der Waals surface area contributed by atoms with Crippen molar-refractivity contribution in [2.45, 2.75) is 24.4 Å². The number of fused-ring (bicyclic) bond motifs is 6. The summed E-state index contributed by atoms with van der Waals surface area (Å²) < 4.78 is 0. The number of nitrogens with zero attached hydrogens (tertiary/aromatic N) is 2. The molecule has 3 atom stereocenters. The first-order valence-corrected chi connectivity index (χ1v) is 19.7. The molecule has 0 saturated heterocycles. The lowest BCUT2D eigenvalue weighted by Crippen LogP contribution is -2.27. The minimum absolute atomic E-state index is 0.0719. The van der Waals surface area contributed by atoms with Crippen molar-refractivity contribution >= 4 is 40.5 Å². The number of allylic oxidation sites excluding steroid dienone is 10. The normalized spacial score (nSPS) is 18.9. The molecule has 0 saturated carbocycles. The van der Waals surface area contributed by atoms with Crippen molar-refractivity contribution in [1.82, 2.24) is 0 Å². The van der Waals surface area contributed by atoms with E-state index in [0.29, 0.717) is 5.92 Å². The van der Waals surface area contributed by atoms with Gasteiger partial charge >= 0.3 is 0 Å². The van der Waals surface area contributed by atoms with Crippen LogP contribution < -0.4 is 9.80 Å². The highest BCUT2D eigenvalue weighted by molar-refractivity contribution is 5.87. The van der Waals surface area contributed by atoms with Gasteiger partial charge < -0.3 is 9.80 Å². The van der Waals surface area contributed by atoms with Gasteiger partial charge in [0.05, 0.1) is 12.1 Å². The Hall–Kier alpha value is -6.90. The SMILES string of the molecule is C1=CCC2=CC(N(c3ccccc3)c3ccc(C=Cc4ccc(N(c5ccccc5)C5C=C6C=CC=CC6c6ccccc65)cc4)cc3)c3ccccc3C2=C1. The first kappa shape index (κ1) is 33.7. The third kappa shape index (κ3) is 6.29. The van der Waals surface area contributed by atoms with Crippen LogP contribution in [0, 0.1) is 0 Å². The Kier molecular flexibility index (Phi) is 8.85. The first-order valence-electron chi connectivity index (χ1n) is 19.7. The van der Waals surface area contributed by atoms with E-state index < -0.39 is 0 Å². The lowest BCUT2D eigenvalue weighted by Gasteiger charge is -2.38. The molecule has 0 aromatic heterocycles. The molecule has 0 heterocycles. The predicted molar refractivity (Wildman–Crippen MR) is 236 cm³/mol. The standard InChI is InChI=1S/C54H42N2/c1-3-17-43(18-4-1)55(53-37-41-15-7-9-21-47(41)49-23-11-13-25-51(49)53)45-33-29-39(30-34-45)27-28-40-31-35-46(36-32-40)56(44-19-5-2-6-20-44)54-38-42-16-8-10-22-48(42)50-24-12-14-26-52(50)54/h1-15,17-38,47,53-54H,16H2. The average Bonchev–Trinajstić information content (AvgIpc) is 3.27. The maximum Gasteiger partial charge on any atom is 0.0787 e. The van der Waals surface area contributed by atoms with Gasteiger partial charge in [-0.15, -0.1) is 0 Å². The van der Waals surface area contributed by atoms with E-state index in [-0.39, 0.29) is 12.1 Å². The van der Waals surface area contributed by atoms with Gasteiger partial charge in [0.25, 0.3) is 0 Å². The second-order valence-corrected chi connectivity index (χ2v) is 14.8. The highest BCUT2D eigenvalue weighted by atomic mass is 15.2. The Morgan fingerprint density at radius 1 is 0.464 bits per heavy atom. The Labute approximate surface area is 330 Å². The smallest absolute Gasteiger partial charge is 0.0787 e. The van der Waals surface area contributed by atoms with Gasteiger partial charge in [-0.1, -0.05) is 176 Å². The van der Waals surface area contributed by atoms with Crippen LogP contribution in [0.1, 0.15) is 57.8 Å². The molecule has 6 aromatic rings. The van der Waals surface area contributed by atoms with E-state index in [4.69, 9.17) is 0 Å². The summed E-state index contributed by atoms with van der Waals surface area (Å²) in [6.07, 6.45) is 25.9. The second-order valence-electron chi connectivity index (χ2n) is 14.8. The van der Waals surface area contributed by atoms with Gasteiger partial charge in [-0.05, 0) is 105 Å². The number of hydrogen-bond acceptors (Lipinski definition) is 2. The molecule has 4 aliphatic carbocycles. The fourth-order valence-electron chi connectivity index (χ4n) is 8.84. The Morgan fingerprint density at radius 3 is 1.64 bits per heavy atom. The number of hydrogen-bond donors (Lipinski definition) is 0. The van der Waals surface area contributed by atoms with Crippen molar-refractivity contribution in [3.63, 3.8) is 0 Å². The van der Waals surface area contributed by atoms with Crippen molar-refractivity contribution in [1.29, 1.82) is 0 Å². The van der Waals surface area contributed by atoms with Crippen molar-refractivity contribution in [3.8, 4) is 0 Å². The Bertz CT molecular complexity index is 2500. The van der Waals surface area contributed by atoms with E-state index in [9.17, 15) is 0 Å². The summed E-state index contributed by atoms with van der Waals surface area (Å²) in [6, 6.07) is 57.5. The number of anilines is 4. The molecule has 2 heteroatoms. The fraction of sp³-hybridized carbons (Fsp3) is 0.0741. The molecule has 0 radical (unpaired) electrons. The summed E-state index contributed by atoms with van der Waals surface area (Å²) in [4.78, 5) is 4.95. The molecule has 10 rings (SSSR count). The Balaban J connectivity index is 0.941. The summed E-state index contributed by atoms with van der Waals surface area (Å²) in [5.74, 6) is 0.300. The van der Waals surface area contributed by atoms with Gasteiger partial charge in [0.1, 0.15) is 0 Å². The summed E-state index contributed by atoms with van der Waals surface area (Å²) >= 11 is 0. The van der Waals surface area contributed by atoms with Crippen molar-refractivity contribution in [3.05, 3.63) is 257 Å². The van der Waals surface area contributed by atoms with Crippen LogP contribution in [0.4, 0.5) is 22.7 Å². The molecule has 0 N–H and O–H groups in total. The summed E-state index contributed by atoms with van der Waals surface area (Å²) in [7, 11) is 0. The molecule has 4 aliphatic rings. The third-order valence-electron chi connectivity index (χ3n) is 11.5. The van der Waals surface area contributed by atoms with Crippen LogP contribution >= 0.6 is 0 Å². The Morgan fingerprint density at radius 2 is 1.00 bits per heavy atom. The summed E-state index contributed by atoms with van der Waals surface area (Å²) in [5.41, 5.74) is 16.5. The lowest BCUT2D eigenvalue weighted by atomic mass is 9.77. The van der Waals surface area contributed by atoms with E-state index in [0.717, 1.165) is 23.2 Å². The van der Waals surface area contributed by atoms with Crippen LogP contribution in [0.3, 0.4) is 0 Å². The van der Waals surface area contributed by atoms with E-state index in [2.05, 4.69) is 234 Å². The van der Waals surface area contributed by atoms with Crippen LogP contribution in [-0.2, 0) is 0 Å². The molecule has 3 unspecified atom stereocenters. The van der Waals surface area contributed by atoms with Gasteiger partial charge in [-0.3, -0.25) is 0 Å². The zero-order valence-corrected chi connectivity index (χ0v) is 31.2.